The predicted octanol–water partition coefficient (Wildman–Crippen LogP) is 5.51. The van der Waals surface area contributed by atoms with E-state index < -0.39 is 0 Å². The molecule has 1 aromatic heterocycles. The fourth-order valence-corrected chi connectivity index (χ4v) is 3.21. The van der Waals surface area contributed by atoms with Gasteiger partial charge < -0.3 is 9.55 Å². The Balaban J connectivity index is 1.95. The Kier molecular flexibility index (Phi) is 3.70. The molecule has 1 aromatic carbocycles. The third-order valence-electron chi connectivity index (χ3n) is 3.61. The molecule has 2 nitrogen and oxygen atoms in total. The van der Waals surface area contributed by atoms with Crippen LogP contribution in [0.3, 0.4) is 0 Å². The molecule has 1 aliphatic rings. The Bertz CT molecular complexity index is 712. The maximum Gasteiger partial charge on any atom is 0.178 e. The van der Waals surface area contributed by atoms with Crippen LogP contribution in [0.5, 0.6) is 0 Å². The van der Waals surface area contributed by atoms with E-state index in [-0.39, 0.29) is 0 Å². The number of imidazole rings is 1. The standard InChI is InChI=1S/C14H14Cl2N2S/c15-10-7-12-13(8-11(10)16)18(14(19)17-12)6-5-9-3-1-2-4-9/h3,7-8H,1-2,4-6H2,(H,17,19). The van der Waals surface area contributed by atoms with Gasteiger partial charge in [0.1, 0.15) is 0 Å². The minimum atomic E-state index is 0.552. The SMILES string of the molecule is S=c1[nH]c2cc(Cl)c(Cl)cc2n1CCC1=CCCC1. The molecule has 3 rings (SSSR count). The first-order valence-electron chi connectivity index (χ1n) is 6.40. The molecular weight excluding hydrogens is 299 g/mol. The van der Waals surface area contributed by atoms with Crippen LogP contribution < -0.4 is 0 Å². The highest BCUT2D eigenvalue weighted by atomic mass is 35.5. The lowest BCUT2D eigenvalue weighted by Gasteiger charge is -2.06. The molecule has 0 amide bonds. The van der Waals surface area contributed by atoms with Gasteiger partial charge in [-0.25, -0.2) is 0 Å². The van der Waals surface area contributed by atoms with Crippen molar-refractivity contribution < 1.29 is 0 Å². The van der Waals surface area contributed by atoms with Crippen molar-refractivity contribution in [2.24, 2.45) is 0 Å². The van der Waals surface area contributed by atoms with Crippen LogP contribution >= 0.6 is 35.4 Å². The summed E-state index contributed by atoms with van der Waals surface area (Å²) in [6, 6.07) is 3.72. The topological polar surface area (TPSA) is 20.7 Å². The molecule has 5 heteroatoms. The molecule has 0 radical (unpaired) electrons. The van der Waals surface area contributed by atoms with Gasteiger partial charge in [-0.3, -0.25) is 0 Å². The smallest absolute Gasteiger partial charge is 0.178 e. The lowest BCUT2D eigenvalue weighted by Crippen LogP contribution is -1.98. The van der Waals surface area contributed by atoms with Crippen molar-refractivity contribution >= 4 is 46.5 Å². The fourth-order valence-electron chi connectivity index (χ4n) is 2.59. The Labute approximate surface area is 127 Å². The number of nitrogens with zero attached hydrogens (tertiary/aromatic N) is 1. The molecule has 1 N–H and O–H groups in total. The Morgan fingerprint density at radius 2 is 2.05 bits per heavy atom. The number of aryl methyl sites for hydroxylation is 1. The van der Waals surface area contributed by atoms with Gasteiger partial charge in [-0.2, -0.15) is 0 Å². The van der Waals surface area contributed by atoms with E-state index in [0.717, 1.165) is 28.8 Å². The minimum absolute atomic E-state index is 0.552. The molecular formula is C14H14Cl2N2S. The summed E-state index contributed by atoms with van der Waals surface area (Å²) >= 11 is 17.5. The lowest BCUT2D eigenvalue weighted by atomic mass is 10.1. The zero-order valence-electron chi connectivity index (χ0n) is 10.4. The number of benzene rings is 1. The first-order chi connectivity index (χ1) is 9.15. The number of H-pyrrole nitrogens is 1. The van der Waals surface area contributed by atoms with Crippen molar-refractivity contribution in [3.63, 3.8) is 0 Å². The average Bonchev–Trinajstić information content (AvgIpc) is 2.96. The molecule has 1 aliphatic carbocycles. The van der Waals surface area contributed by atoms with Crippen molar-refractivity contribution in [2.75, 3.05) is 0 Å². The third kappa shape index (κ3) is 2.60. The molecule has 1 heterocycles. The summed E-state index contributed by atoms with van der Waals surface area (Å²) in [6.45, 7) is 0.891. The molecule has 100 valence electrons. The van der Waals surface area contributed by atoms with Crippen molar-refractivity contribution in [2.45, 2.75) is 32.2 Å². The minimum Gasteiger partial charge on any atom is -0.331 e. The molecule has 0 unspecified atom stereocenters. The molecule has 19 heavy (non-hydrogen) atoms. The second-order valence-electron chi connectivity index (χ2n) is 4.87. The zero-order chi connectivity index (χ0) is 13.4. The molecule has 0 saturated heterocycles. The summed E-state index contributed by atoms with van der Waals surface area (Å²) in [5.41, 5.74) is 3.51. The summed E-state index contributed by atoms with van der Waals surface area (Å²) in [6.07, 6.45) is 7.14. The molecule has 0 bridgehead atoms. The highest BCUT2D eigenvalue weighted by molar-refractivity contribution is 7.71. The first-order valence-corrected chi connectivity index (χ1v) is 7.57. The highest BCUT2D eigenvalue weighted by Gasteiger charge is 2.10. The van der Waals surface area contributed by atoms with Crippen molar-refractivity contribution in [3.8, 4) is 0 Å². The number of aromatic amines is 1. The zero-order valence-corrected chi connectivity index (χ0v) is 12.7. The van der Waals surface area contributed by atoms with E-state index in [9.17, 15) is 0 Å². The number of hydrogen-bond acceptors (Lipinski definition) is 1. The van der Waals surface area contributed by atoms with Crippen LogP contribution in [-0.4, -0.2) is 9.55 Å². The van der Waals surface area contributed by atoms with E-state index in [4.69, 9.17) is 35.4 Å². The molecule has 0 spiro atoms. The van der Waals surface area contributed by atoms with Gasteiger partial charge in [0, 0.05) is 6.54 Å². The Morgan fingerprint density at radius 1 is 1.26 bits per heavy atom. The number of allylic oxidation sites excluding steroid dienone is 2. The van der Waals surface area contributed by atoms with Gasteiger partial charge in [-0.05, 0) is 50.0 Å². The van der Waals surface area contributed by atoms with E-state index in [2.05, 4.69) is 15.6 Å². The van der Waals surface area contributed by atoms with Gasteiger partial charge in [0.2, 0.25) is 0 Å². The van der Waals surface area contributed by atoms with Crippen LogP contribution in [0.2, 0.25) is 10.0 Å². The average molecular weight is 313 g/mol. The van der Waals surface area contributed by atoms with Gasteiger partial charge >= 0.3 is 0 Å². The van der Waals surface area contributed by atoms with Crippen molar-refractivity contribution in [1.29, 1.82) is 0 Å². The van der Waals surface area contributed by atoms with Gasteiger partial charge in [-0.1, -0.05) is 34.9 Å². The number of aromatic nitrogens is 2. The predicted molar refractivity (Wildman–Crippen MR) is 83.7 cm³/mol. The van der Waals surface area contributed by atoms with E-state index in [1.54, 1.807) is 0 Å². The van der Waals surface area contributed by atoms with E-state index in [1.807, 2.05) is 12.1 Å². The Morgan fingerprint density at radius 3 is 2.79 bits per heavy atom. The van der Waals surface area contributed by atoms with Crippen LogP contribution in [0.25, 0.3) is 11.0 Å². The Hall–Kier alpha value is -0.770. The maximum atomic E-state index is 6.09. The number of halogens is 2. The van der Waals surface area contributed by atoms with Crippen molar-refractivity contribution in [1.82, 2.24) is 9.55 Å². The molecule has 0 aliphatic heterocycles. The molecule has 0 atom stereocenters. The lowest BCUT2D eigenvalue weighted by molar-refractivity contribution is 0.688. The van der Waals surface area contributed by atoms with Gasteiger partial charge in [0.05, 0.1) is 21.1 Å². The summed E-state index contributed by atoms with van der Waals surface area (Å²) in [7, 11) is 0. The first kappa shape index (κ1) is 13.2. The van der Waals surface area contributed by atoms with Gasteiger partial charge in [-0.15, -0.1) is 0 Å². The van der Waals surface area contributed by atoms with Crippen LogP contribution in [-0.2, 0) is 6.54 Å². The summed E-state index contributed by atoms with van der Waals surface area (Å²) < 4.78 is 2.83. The quantitative estimate of drug-likeness (QED) is 0.585. The number of hydrogen-bond donors (Lipinski definition) is 1. The van der Waals surface area contributed by atoms with Crippen LogP contribution in [0.4, 0.5) is 0 Å². The molecule has 2 aromatic rings. The fraction of sp³-hybridized carbons (Fsp3) is 0.357. The summed E-state index contributed by atoms with van der Waals surface area (Å²) in [4.78, 5) is 3.19. The van der Waals surface area contributed by atoms with E-state index >= 15 is 0 Å². The highest BCUT2D eigenvalue weighted by Crippen LogP contribution is 2.28. The van der Waals surface area contributed by atoms with Crippen molar-refractivity contribution in [3.05, 3.63) is 38.6 Å². The number of nitrogens with one attached hydrogen (secondary N) is 1. The van der Waals surface area contributed by atoms with Gasteiger partial charge in [0.15, 0.2) is 4.77 Å². The summed E-state index contributed by atoms with van der Waals surface area (Å²) in [5, 5.41) is 1.12. The normalized spacial score (nSPS) is 15.2. The van der Waals surface area contributed by atoms with Crippen LogP contribution in [0.1, 0.15) is 25.7 Å². The maximum absolute atomic E-state index is 6.09. The second kappa shape index (κ2) is 5.31. The largest absolute Gasteiger partial charge is 0.331 e. The van der Waals surface area contributed by atoms with Gasteiger partial charge in [0.25, 0.3) is 0 Å². The van der Waals surface area contributed by atoms with E-state index in [1.165, 1.54) is 24.8 Å². The summed E-state index contributed by atoms with van der Waals surface area (Å²) in [5.74, 6) is 0. The molecule has 0 saturated carbocycles. The number of fused-ring (bicyclic) bond motifs is 1. The second-order valence-corrected chi connectivity index (χ2v) is 6.07. The molecule has 0 fully saturated rings. The number of rotatable bonds is 3. The monoisotopic (exact) mass is 312 g/mol. The van der Waals surface area contributed by atoms with Crippen LogP contribution in [0, 0.1) is 4.77 Å². The van der Waals surface area contributed by atoms with E-state index in [0.29, 0.717) is 10.0 Å². The third-order valence-corrected chi connectivity index (χ3v) is 4.65. The van der Waals surface area contributed by atoms with Crippen LogP contribution in [0.15, 0.2) is 23.8 Å².